The Bertz CT molecular complexity index is 2110. The van der Waals surface area contributed by atoms with Gasteiger partial charge in [0.05, 0.1) is 18.5 Å². The van der Waals surface area contributed by atoms with Crippen LogP contribution in [0.3, 0.4) is 0 Å². The molecular formula is C41H50N6O5. The van der Waals surface area contributed by atoms with Gasteiger partial charge < -0.3 is 30.9 Å². The molecule has 11 heteroatoms. The van der Waals surface area contributed by atoms with Crippen molar-refractivity contribution in [3.63, 3.8) is 0 Å². The molecule has 3 atom stereocenters. The number of amides is 1. The van der Waals surface area contributed by atoms with E-state index in [0.29, 0.717) is 38.6 Å². The van der Waals surface area contributed by atoms with E-state index in [0.717, 1.165) is 78.2 Å². The molecule has 0 saturated heterocycles. The SMILES string of the molecule is C=CC1=C(C)c2cc3[nH]c(cc4nc(cc5[nH]c(cc1n2)c(C)c5CCC(=O)NCCCCC(N)C(=O)O)C(CCC(=O)OC)C4C)c(C)c3C=C. The minimum atomic E-state index is -1.02. The van der Waals surface area contributed by atoms with E-state index < -0.39 is 12.0 Å². The summed E-state index contributed by atoms with van der Waals surface area (Å²) in [5, 5.41) is 12.0. The van der Waals surface area contributed by atoms with Crippen LogP contribution in [-0.4, -0.2) is 62.6 Å². The number of nitrogens with one attached hydrogen (secondary N) is 3. The first-order valence-electron chi connectivity index (χ1n) is 17.9. The van der Waals surface area contributed by atoms with Gasteiger partial charge in [0.2, 0.25) is 5.91 Å². The summed E-state index contributed by atoms with van der Waals surface area (Å²) in [6, 6.07) is 7.34. The number of hydrogen-bond donors (Lipinski definition) is 5. The van der Waals surface area contributed by atoms with Gasteiger partial charge in [-0.2, -0.15) is 0 Å². The fourth-order valence-electron chi connectivity index (χ4n) is 7.16. The predicted octanol–water partition coefficient (Wildman–Crippen LogP) is 7.16. The quantitative estimate of drug-likeness (QED) is 0.0866. The molecule has 5 heterocycles. The molecule has 0 aliphatic carbocycles. The highest BCUT2D eigenvalue weighted by molar-refractivity contribution is 5.97. The number of aryl methyl sites for hydroxylation is 3. The molecule has 8 bridgehead atoms. The summed E-state index contributed by atoms with van der Waals surface area (Å²) in [4.78, 5) is 53.7. The highest BCUT2D eigenvalue weighted by atomic mass is 16.5. The van der Waals surface area contributed by atoms with E-state index in [1.54, 1.807) is 0 Å². The fraction of sp³-hybridized carbons (Fsp3) is 0.390. The number of allylic oxidation sites excluding steroid dienone is 3. The van der Waals surface area contributed by atoms with Gasteiger partial charge in [0.25, 0.3) is 0 Å². The van der Waals surface area contributed by atoms with Crippen LogP contribution in [0.5, 0.6) is 0 Å². The van der Waals surface area contributed by atoms with E-state index >= 15 is 0 Å². The third-order valence-electron chi connectivity index (χ3n) is 10.5. The second kappa shape index (κ2) is 16.4. The van der Waals surface area contributed by atoms with Crippen molar-refractivity contribution < 1.29 is 24.2 Å². The maximum atomic E-state index is 13.0. The standard InChI is InChI=1S/C41H50N6O5/c1-8-26-22(3)31-18-32-25(6)29(14-16-40(49)52-7)38(46-32)21-37-28(13-15-39(48)43-17-11-10-12-30(42)41(50)51)24(5)34(47-37)20-36-27(9-2)23(4)33(45-36)19-35(26)44-31/h8-9,18-21,25,29-30,44,47H,1-2,10-17,42H2,3-7H3,(H,43,48)(H,50,51). The lowest BCUT2D eigenvalue weighted by molar-refractivity contribution is -0.141. The lowest BCUT2D eigenvalue weighted by Gasteiger charge is -2.15. The van der Waals surface area contributed by atoms with Crippen molar-refractivity contribution >= 4 is 57.1 Å². The number of ether oxygens (including phenoxy) is 1. The number of carboxylic acids is 1. The number of unbranched alkanes of at least 4 members (excludes halogenated alkanes) is 1. The number of nitrogens with zero attached hydrogens (tertiary/aromatic N) is 2. The van der Waals surface area contributed by atoms with Crippen LogP contribution in [0.1, 0.15) is 109 Å². The van der Waals surface area contributed by atoms with Crippen LogP contribution in [-0.2, 0) is 25.5 Å². The Labute approximate surface area is 304 Å². The Balaban J connectivity index is 1.63. The number of aromatic amines is 2. The van der Waals surface area contributed by atoms with Gasteiger partial charge in [-0.05, 0) is 99.4 Å². The Morgan fingerprint density at radius 3 is 2.33 bits per heavy atom. The number of H-pyrrole nitrogens is 2. The van der Waals surface area contributed by atoms with Crippen LogP contribution in [0.25, 0.3) is 39.3 Å². The second-order valence-corrected chi connectivity index (χ2v) is 13.7. The first-order chi connectivity index (χ1) is 24.9. The van der Waals surface area contributed by atoms with Crippen LogP contribution in [0.2, 0.25) is 0 Å². The third kappa shape index (κ3) is 8.10. The zero-order chi connectivity index (χ0) is 37.7. The number of rotatable bonds is 14. The van der Waals surface area contributed by atoms with Crippen LogP contribution in [0.4, 0.5) is 0 Å². The molecule has 3 aromatic rings. The lowest BCUT2D eigenvalue weighted by atomic mass is 9.87. The maximum absolute atomic E-state index is 13.0. The van der Waals surface area contributed by atoms with E-state index in [1.165, 1.54) is 7.11 Å². The van der Waals surface area contributed by atoms with Gasteiger partial charge in [-0.3, -0.25) is 19.4 Å². The van der Waals surface area contributed by atoms with Crippen LogP contribution >= 0.6 is 0 Å². The van der Waals surface area contributed by atoms with Crippen molar-refractivity contribution in [1.29, 1.82) is 0 Å². The fourth-order valence-corrected chi connectivity index (χ4v) is 7.16. The molecule has 0 radical (unpaired) electrons. The molecular weight excluding hydrogens is 656 g/mol. The summed E-state index contributed by atoms with van der Waals surface area (Å²) < 4.78 is 4.99. The minimum absolute atomic E-state index is 0.0199. The van der Waals surface area contributed by atoms with Gasteiger partial charge in [0.1, 0.15) is 6.04 Å². The van der Waals surface area contributed by atoms with Gasteiger partial charge in [-0.25, -0.2) is 4.98 Å². The molecule has 5 rings (SSSR count). The number of fused-ring (bicyclic) bond motifs is 8. The molecule has 0 saturated carbocycles. The highest BCUT2D eigenvalue weighted by Crippen LogP contribution is 2.41. The zero-order valence-electron chi connectivity index (χ0n) is 30.8. The van der Waals surface area contributed by atoms with Crippen LogP contribution in [0, 0.1) is 13.8 Å². The van der Waals surface area contributed by atoms with E-state index in [9.17, 15) is 14.4 Å². The summed E-state index contributed by atoms with van der Waals surface area (Å²) in [5.41, 5.74) is 18.5. The number of hydrogen-bond acceptors (Lipinski definition) is 7. The number of carbonyl (C=O) groups is 3. The summed E-state index contributed by atoms with van der Waals surface area (Å²) >= 11 is 0. The first kappa shape index (κ1) is 38.0. The lowest BCUT2D eigenvalue weighted by Crippen LogP contribution is -2.30. The molecule has 11 nitrogen and oxygen atoms in total. The van der Waals surface area contributed by atoms with Crippen molar-refractivity contribution in [2.45, 2.75) is 90.5 Å². The summed E-state index contributed by atoms with van der Waals surface area (Å²) in [6.07, 6.45) is 6.87. The predicted molar refractivity (Wildman–Crippen MR) is 206 cm³/mol. The molecule has 2 aliphatic rings. The van der Waals surface area contributed by atoms with E-state index in [1.807, 2.05) is 32.1 Å². The van der Waals surface area contributed by atoms with Crippen LogP contribution < -0.4 is 11.1 Å². The minimum Gasteiger partial charge on any atom is -0.480 e. The van der Waals surface area contributed by atoms with E-state index in [-0.39, 0.29) is 36.6 Å². The van der Waals surface area contributed by atoms with Crippen molar-refractivity contribution in [3.05, 3.63) is 88.5 Å². The molecule has 2 aliphatic heterocycles. The molecule has 0 fully saturated rings. The largest absolute Gasteiger partial charge is 0.480 e. The van der Waals surface area contributed by atoms with Crippen molar-refractivity contribution in [2.24, 2.45) is 5.73 Å². The Morgan fingerprint density at radius 2 is 1.63 bits per heavy atom. The molecule has 3 unspecified atom stereocenters. The number of nitrogens with two attached hydrogens (primary N) is 1. The van der Waals surface area contributed by atoms with Crippen molar-refractivity contribution in [2.75, 3.05) is 13.7 Å². The average Bonchev–Trinajstić information content (AvgIpc) is 3.78. The molecule has 52 heavy (non-hydrogen) atoms. The number of aliphatic carboxylic acids is 1. The number of carboxylic acid groups (broad SMARTS) is 1. The molecule has 0 spiro atoms. The number of aromatic nitrogens is 4. The van der Waals surface area contributed by atoms with E-state index in [2.05, 4.69) is 60.5 Å². The van der Waals surface area contributed by atoms with Gasteiger partial charge in [-0.15, -0.1) is 0 Å². The third-order valence-corrected chi connectivity index (χ3v) is 10.5. The number of esters is 1. The summed E-state index contributed by atoms with van der Waals surface area (Å²) in [7, 11) is 1.40. The maximum Gasteiger partial charge on any atom is 0.320 e. The smallest absolute Gasteiger partial charge is 0.320 e. The van der Waals surface area contributed by atoms with Crippen molar-refractivity contribution in [3.8, 4) is 0 Å². The van der Waals surface area contributed by atoms with E-state index in [4.69, 9.17) is 25.5 Å². The second-order valence-electron chi connectivity index (χ2n) is 13.7. The normalized spacial score (nSPS) is 16.0. The molecule has 0 aromatic carbocycles. The van der Waals surface area contributed by atoms with Gasteiger partial charge in [0, 0.05) is 75.8 Å². The Hall–Kier alpha value is -5.29. The topological polar surface area (TPSA) is 176 Å². The first-order valence-corrected chi connectivity index (χ1v) is 17.9. The Kier molecular flexibility index (Phi) is 11.9. The van der Waals surface area contributed by atoms with Gasteiger partial charge in [-0.1, -0.05) is 32.2 Å². The number of carbonyl (C=O) groups excluding carboxylic acids is 2. The highest BCUT2D eigenvalue weighted by Gasteiger charge is 2.30. The number of methoxy groups -OCH3 is 1. The molecule has 3 aromatic heterocycles. The summed E-state index contributed by atoms with van der Waals surface area (Å²) in [5.74, 6) is -1.40. The molecule has 274 valence electrons. The van der Waals surface area contributed by atoms with Gasteiger partial charge in [0.15, 0.2) is 0 Å². The zero-order valence-corrected chi connectivity index (χ0v) is 30.8. The monoisotopic (exact) mass is 706 g/mol. The van der Waals surface area contributed by atoms with Gasteiger partial charge >= 0.3 is 11.9 Å². The summed E-state index contributed by atoms with van der Waals surface area (Å²) in [6.45, 7) is 16.9. The molecule has 6 N–H and O–H groups in total. The van der Waals surface area contributed by atoms with Crippen LogP contribution in [0.15, 0.2) is 43.5 Å². The Morgan fingerprint density at radius 1 is 0.942 bits per heavy atom. The van der Waals surface area contributed by atoms with Crippen molar-refractivity contribution in [1.82, 2.24) is 25.3 Å². The average molecular weight is 707 g/mol. The molecule has 1 amide bonds.